The van der Waals surface area contributed by atoms with Gasteiger partial charge in [0.2, 0.25) is 5.88 Å². The molecule has 0 fully saturated rings. The third-order valence-electron chi connectivity index (χ3n) is 2.68. The number of rotatable bonds is 5. The van der Waals surface area contributed by atoms with Crippen molar-refractivity contribution in [2.75, 3.05) is 0 Å². The Hall–Kier alpha value is -0.990. The van der Waals surface area contributed by atoms with Gasteiger partial charge in [0.05, 0.1) is 5.69 Å². The first-order valence-corrected chi connectivity index (χ1v) is 5.90. The summed E-state index contributed by atoms with van der Waals surface area (Å²) in [5, 5.41) is 14.4. The molecular weight excluding hydrogens is 188 g/mol. The maximum Gasteiger partial charge on any atom is 0.213 e. The van der Waals surface area contributed by atoms with Gasteiger partial charge in [-0.3, -0.25) is 0 Å². The van der Waals surface area contributed by atoms with Crippen molar-refractivity contribution in [2.45, 2.75) is 59.4 Å². The summed E-state index contributed by atoms with van der Waals surface area (Å²) in [7, 11) is 0. The lowest BCUT2D eigenvalue weighted by molar-refractivity contribution is 0.398. The molecule has 0 amide bonds. The van der Waals surface area contributed by atoms with E-state index in [1.54, 1.807) is 4.68 Å². The minimum atomic E-state index is 0.345. The molecule has 0 saturated heterocycles. The van der Waals surface area contributed by atoms with Crippen molar-refractivity contribution in [2.24, 2.45) is 0 Å². The lowest BCUT2D eigenvalue weighted by Gasteiger charge is -2.05. The molecular formula is C12H22N2O. The van der Waals surface area contributed by atoms with Gasteiger partial charge in [-0.1, -0.05) is 27.2 Å². The second kappa shape index (κ2) is 5.19. The molecule has 0 spiro atoms. The molecule has 0 aliphatic carbocycles. The molecule has 0 bridgehead atoms. The van der Waals surface area contributed by atoms with Crippen LogP contribution in [0.3, 0.4) is 0 Å². The molecule has 0 atom stereocenters. The van der Waals surface area contributed by atoms with Crippen molar-refractivity contribution in [1.82, 2.24) is 9.78 Å². The molecule has 3 heteroatoms. The lowest BCUT2D eigenvalue weighted by Crippen LogP contribution is -1.96. The van der Waals surface area contributed by atoms with Crippen LogP contribution >= 0.6 is 0 Å². The number of aromatic hydroxyl groups is 1. The molecule has 0 aromatic carbocycles. The maximum atomic E-state index is 9.98. The fourth-order valence-corrected chi connectivity index (χ4v) is 1.86. The molecule has 86 valence electrons. The third kappa shape index (κ3) is 2.52. The van der Waals surface area contributed by atoms with Crippen molar-refractivity contribution in [3.8, 4) is 5.88 Å². The van der Waals surface area contributed by atoms with E-state index in [2.05, 4.69) is 25.9 Å². The highest BCUT2D eigenvalue weighted by atomic mass is 16.3. The summed E-state index contributed by atoms with van der Waals surface area (Å²) >= 11 is 0. The van der Waals surface area contributed by atoms with Crippen molar-refractivity contribution in [3.05, 3.63) is 11.3 Å². The maximum absolute atomic E-state index is 9.98. The van der Waals surface area contributed by atoms with Gasteiger partial charge < -0.3 is 5.11 Å². The van der Waals surface area contributed by atoms with Gasteiger partial charge >= 0.3 is 0 Å². The highest BCUT2D eigenvalue weighted by Crippen LogP contribution is 2.29. The van der Waals surface area contributed by atoms with Gasteiger partial charge in [-0.05, 0) is 25.7 Å². The average Bonchev–Trinajstić information content (AvgIpc) is 2.51. The van der Waals surface area contributed by atoms with Gasteiger partial charge in [-0.25, -0.2) is 4.68 Å². The van der Waals surface area contributed by atoms with E-state index in [4.69, 9.17) is 0 Å². The Morgan fingerprint density at radius 3 is 2.47 bits per heavy atom. The van der Waals surface area contributed by atoms with Crippen LogP contribution in [-0.4, -0.2) is 14.9 Å². The summed E-state index contributed by atoms with van der Waals surface area (Å²) in [6.07, 6.45) is 3.28. The van der Waals surface area contributed by atoms with E-state index in [0.717, 1.165) is 37.1 Å². The van der Waals surface area contributed by atoms with E-state index in [1.807, 2.05) is 6.92 Å². The molecule has 1 N–H and O–H groups in total. The quantitative estimate of drug-likeness (QED) is 0.811. The van der Waals surface area contributed by atoms with Crippen molar-refractivity contribution in [1.29, 1.82) is 0 Å². The Kier molecular flexibility index (Phi) is 4.18. The molecule has 1 aromatic heterocycles. The van der Waals surface area contributed by atoms with Crippen molar-refractivity contribution < 1.29 is 5.11 Å². The smallest absolute Gasteiger partial charge is 0.213 e. The van der Waals surface area contributed by atoms with E-state index in [-0.39, 0.29) is 0 Å². The average molecular weight is 210 g/mol. The minimum absolute atomic E-state index is 0.345. The van der Waals surface area contributed by atoms with E-state index in [0.29, 0.717) is 11.8 Å². The molecule has 1 rings (SSSR count). The van der Waals surface area contributed by atoms with Gasteiger partial charge in [0.25, 0.3) is 0 Å². The molecule has 15 heavy (non-hydrogen) atoms. The molecule has 1 aromatic rings. The fraction of sp³-hybridized carbons (Fsp3) is 0.750. The Balaban J connectivity index is 3.01. The Labute approximate surface area is 92.1 Å². The zero-order valence-corrected chi connectivity index (χ0v) is 10.2. The summed E-state index contributed by atoms with van der Waals surface area (Å²) in [6, 6.07) is 0. The Morgan fingerprint density at radius 2 is 2.00 bits per heavy atom. The highest BCUT2D eigenvalue weighted by Gasteiger charge is 2.18. The number of aromatic nitrogens is 2. The van der Waals surface area contributed by atoms with E-state index in [9.17, 15) is 5.11 Å². The number of hydrogen-bond acceptors (Lipinski definition) is 2. The molecule has 1 heterocycles. The Morgan fingerprint density at radius 1 is 1.33 bits per heavy atom. The number of aryl methyl sites for hydroxylation is 2. The first-order chi connectivity index (χ1) is 7.11. The van der Waals surface area contributed by atoms with Crippen molar-refractivity contribution >= 4 is 0 Å². The Bertz CT molecular complexity index is 316. The molecule has 0 saturated carbocycles. The van der Waals surface area contributed by atoms with E-state index in [1.165, 1.54) is 0 Å². The van der Waals surface area contributed by atoms with Crippen LogP contribution in [-0.2, 0) is 13.0 Å². The zero-order valence-electron chi connectivity index (χ0n) is 10.2. The van der Waals surface area contributed by atoms with Gasteiger partial charge in [0.1, 0.15) is 0 Å². The van der Waals surface area contributed by atoms with Crippen LogP contribution in [0.25, 0.3) is 0 Å². The second-order valence-electron chi connectivity index (χ2n) is 4.26. The predicted octanol–water partition coefficient (Wildman–Crippen LogP) is 3.07. The third-order valence-corrected chi connectivity index (χ3v) is 2.68. The monoisotopic (exact) mass is 210 g/mol. The molecule has 0 unspecified atom stereocenters. The largest absolute Gasteiger partial charge is 0.493 e. The lowest BCUT2D eigenvalue weighted by atomic mass is 10.0. The van der Waals surface area contributed by atoms with Gasteiger partial charge in [0, 0.05) is 12.1 Å². The number of unbranched alkanes of at least 4 members (excludes halogenated alkanes) is 1. The topological polar surface area (TPSA) is 38.0 Å². The fourth-order valence-electron chi connectivity index (χ4n) is 1.86. The van der Waals surface area contributed by atoms with Crippen LogP contribution in [0.4, 0.5) is 0 Å². The van der Waals surface area contributed by atoms with Gasteiger partial charge in [-0.2, -0.15) is 5.10 Å². The first-order valence-electron chi connectivity index (χ1n) is 5.90. The first kappa shape index (κ1) is 12.1. The minimum Gasteiger partial charge on any atom is -0.493 e. The summed E-state index contributed by atoms with van der Waals surface area (Å²) in [5.41, 5.74) is 2.11. The van der Waals surface area contributed by atoms with Crippen LogP contribution in [0.1, 0.15) is 57.7 Å². The zero-order chi connectivity index (χ0) is 11.4. The van der Waals surface area contributed by atoms with Gasteiger partial charge in [0.15, 0.2) is 0 Å². The number of nitrogens with zero attached hydrogens (tertiary/aromatic N) is 2. The summed E-state index contributed by atoms with van der Waals surface area (Å²) in [5.74, 6) is 0.704. The standard InChI is InChI=1S/C12H22N2O/c1-5-7-8-10-11(9(3)4)12(15)14(6-2)13-10/h9,15H,5-8H2,1-4H3. The van der Waals surface area contributed by atoms with E-state index < -0.39 is 0 Å². The molecule has 0 aliphatic heterocycles. The second-order valence-corrected chi connectivity index (χ2v) is 4.26. The molecule has 0 aliphatic rings. The highest BCUT2D eigenvalue weighted by molar-refractivity contribution is 5.33. The number of hydrogen-bond donors (Lipinski definition) is 1. The molecule has 0 radical (unpaired) electrons. The summed E-state index contributed by atoms with van der Waals surface area (Å²) < 4.78 is 1.69. The normalized spacial score (nSPS) is 11.3. The van der Waals surface area contributed by atoms with Crippen LogP contribution in [0.15, 0.2) is 0 Å². The van der Waals surface area contributed by atoms with Gasteiger partial charge in [-0.15, -0.1) is 0 Å². The van der Waals surface area contributed by atoms with Crippen LogP contribution in [0.5, 0.6) is 5.88 Å². The molecule has 3 nitrogen and oxygen atoms in total. The SMILES string of the molecule is CCCCc1nn(CC)c(O)c1C(C)C. The van der Waals surface area contributed by atoms with Crippen LogP contribution in [0, 0.1) is 0 Å². The van der Waals surface area contributed by atoms with Crippen LogP contribution < -0.4 is 0 Å². The van der Waals surface area contributed by atoms with E-state index >= 15 is 0 Å². The van der Waals surface area contributed by atoms with Crippen LogP contribution in [0.2, 0.25) is 0 Å². The van der Waals surface area contributed by atoms with Crippen molar-refractivity contribution in [3.63, 3.8) is 0 Å². The summed E-state index contributed by atoms with van der Waals surface area (Å²) in [4.78, 5) is 0. The predicted molar refractivity (Wildman–Crippen MR) is 62.3 cm³/mol. The summed E-state index contributed by atoms with van der Waals surface area (Å²) in [6.45, 7) is 9.11.